The van der Waals surface area contributed by atoms with Crippen molar-refractivity contribution in [1.82, 2.24) is 14.9 Å². The Morgan fingerprint density at radius 3 is 2.95 bits per heavy atom. The molecule has 2 rings (SSSR count). The van der Waals surface area contributed by atoms with Crippen LogP contribution in [-0.2, 0) is 11.3 Å². The number of hydrogen-bond donors (Lipinski definition) is 1. The van der Waals surface area contributed by atoms with Gasteiger partial charge in [0.05, 0.1) is 23.6 Å². The molecule has 0 saturated carbocycles. The Kier molecular flexibility index (Phi) is 3.86. The molecule has 4 heteroatoms. The third-order valence-corrected chi connectivity index (χ3v) is 3.02. The maximum atomic E-state index is 11.5. The van der Waals surface area contributed by atoms with Crippen molar-refractivity contribution in [2.75, 3.05) is 0 Å². The topological polar surface area (TPSA) is 46.9 Å². The van der Waals surface area contributed by atoms with Crippen LogP contribution in [0.25, 0.3) is 11.0 Å². The summed E-state index contributed by atoms with van der Waals surface area (Å²) in [6, 6.07) is 7.66. The van der Waals surface area contributed by atoms with Crippen LogP contribution in [0, 0.1) is 12.3 Å². The lowest BCUT2D eigenvalue weighted by atomic mass is 10.3. The molecule has 1 heterocycles. The second-order valence-electron chi connectivity index (χ2n) is 4.39. The van der Waals surface area contributed by atoms with Gasteiger partial charge in [-0.1, -0.05) is 25.0 Å². The van der Waals surface area contributed by atoms with E-state index in [4.69, 9.17) is 6.42 Å². The molecule has 4 nitrogen and oxygen atoms in total. The number of benzene rings is 1. The summed E-state index contributed by atoms with van der Waals surface area (Å²) in [5.41, 5.74) is 1.89. The van der Waals surface area contributed by atoms with Crippen LogP contribution in [0.1, 0.15) is 32.1 Å². The molecule has 1 aromatic heterocycles. The molecular formula is C15H17N3O. The molecule has 0 radical (unpaired) electrons. The van der Waals surface area contributed by atoms with Gasteiger partial charge in [-0.2, -0.15) is 0 Å². The van der Waals surface area contributed by atoms with Gasteiger partial charge in [-0.05, 0) is 19.1 Å². The Hall–Kier alpha value is -2.28. The number of amides is 1. The summed E-state index contributed by atoms with van der Waals surface area (Å²) < 4.78 is 1.97. The molecule has 1 N–H and O–H groups in total. The molecule has 0 bridgehead atoms. The zero-order valence-corrected chi connectivity index (χ0v) is 11.2. The maximum absolute atomic E-state index is 11.5. The molecule has 2 aromatic rings. The Labute approximate surface area is 112 Å². The summed E-state index contributed by atoms with van der Waals surface area (Å²) in [7, 11) is 0. The first-order chi connectivity index (χ1) is 9.17. The monoisotopic (exact) mass is 255 g/mol. The van der Waals surface area contributed by atoms with E-state index in [-0.39, 0.29) is 11.9 Å². The lowest BCUT2D eigenvalue weighted by molar-refractivity contribution is -0.121. The second kappa shape index (κ2) is 5.57. The van der Waals surface area contributed by atoms with E-state index in [2.05, 4.69) is 16.2 Å². The van der Waals surface area contributed by atoms with Gasteiger partial charge in [0.1, 0.15) is 5.82 Å². The van der Waals surface area contributed by atoms with E-state index in [1.807, 2.05) is 42.7 Å². The number of para-hydroxylation sites is 2. The highest BCUT2D eigenvalue weighted by Gasteiger charge is 2.17. The fourth-order valence-corrected chi connectivity index (χ4v) is 2.09. The Balaban J connectivity index is 2.44. The normalized spacial score (nSPS) is 12.1. The summed E-state index contributed by atoms with van der Waals surface area (Å²) in [5, 5.41) is 2.91. The minimum atomic E-state index is -0.159. The van der Waals surface area contributed by atoms with Gasteiger partial charge in [0.15, 0.2) is 0 Å². The van der Waals surface area contributed by atoms with Gasteiger partial charge in [0.25, 0.3) is 0 Å². The first-order valence-corrected chi connectivity index (χ1v) is 6.35. The average molecular weight is 255 g/mol. The molecule has 19 heavy (non-hydrogen) atoms. The minimum Gasteiger partial charge on any atom is -0.346 e. The molecule has 1 unspecified atom stereocenters. The second-order valence-corrected chi connectivity index (χ2v) is 4.39. The minimum absolute atomic E-state index is 0.00631. The number of aromatic nitrogens is 2. The molecule has 0 aliphatic rings. The number of nitrogens with zero attached hydrogens (tertiary/aromatic N) is 2. The highest BCUT2D eigenvalue weighted by Crippen LogP contribution is 2.20. The Bertz CT molecular complexity index is 636. The van der Waals surface area contributed by atoms with Gasteiger partial charge in [0, 0.05) is 6.42 Å². The van der Waals surface area contributed by atoms with Crippen molar-refractivity contribution >= 4 is 16.9 Å². The van der Waals surface area contributed by atoms with Crippen molar-refractivity contribution in [2.24, 2.45) is 0 Å². The maximum Gasteiger partial charge on any atom is 0.220 e. The predicted octanol–water partition coefficient (Wildman–Crippen LogP) is 2.26. The van der Waals surface area contributed by atoms with Crippen LogP contribution >= 0.6 is 0 Å². The van der Waals surface area contributed by atoms with E-state index in [1.54, 1.807) is 0 Å². The predicted molar refractivity (Wildman–Crippen MR) is 75.4 cm³/mol. The van der Waals surface area contributed by atoms with Crippen LogP contribution in [0.2, 0.25) is 0 Å². The van der Waals surface area contributed by atoms with Gasteiger partial charge in [-0.3, -0.25) is 4.79 Å². The molecule has 98 valence electrons. The number of carbonyl (C=O) groups excluding carboxylic acids is 1. The highest BCUT2D eigenvalue weighted by molar-refractivity contribution is 5.78. The Morgan fingerprint density at radius 1 is 1.53 bits per heavy atom. The number of nitrogens with one attached hydrogen (secondary N) is 1. The first-order valence-electron chi connectivity index (χ1n) is 6.35. The fraction of sp³-hybridized carbons (Fsp3) is 0.333. The number of terminal acetylenes is 1. The van der Waals surface area contributed by atoms with Gasteiger partial charge in [-0.15, -0.1) is 6.42 Å². The van der Waals surface area contributed by atoms with Crippen LogP contribution < -0.4 is 5.32 Å². The first kappa shape index (κ1) is 13.2. The summed E-state index contributed by atoms with van der Waals surface area (Å²) in [6.07, 6.45) is 5.88. The molecular weight excluding hydrogens is 238 g/mol. The van der Waals surface area contributed by atoms with Crippen molar-refractivity contribution in [2.45, 2.75) is 32.9 Å². The fourth-order valence-electron chi connectivity index (χ4n) is 2.09. The largest absolute Gasteiger partial charge is 0.346 e. The van der Waals surface area contributed by atoms with E-state index < -0.39 is 0 Å². The quantitative estimate of drug-likeness (QED) is 0.852. The van der Waals surface area contributed by atoms with E-state index in [0.717, 1.165) is 16.9 Å². The van der Waals surface area contributed by atoms with E-state index in [1.165, 1.54) is 0 Å². The van der Waals surface area contributed by atoms with Crippen LogP contribution in [0.15, 0.2) is 24.3 Å². The van der Waals surface area contributed by atoms with Crippen molar-refractivity contribution in [3.05, 3.63) is 30.1 Å². The van der Waals surface area contributed by atoms with Crippen molar-refractivity contribution in [1.29, 1.82) is 0 Å². The lowest BCUT2D eigenvalue weighted by Crippen LogP contribution is -2.27. The van der Waals surface area contributed by atoms with Crippen LogP contribution in [0.4, 0.5) is 0 Å². The van der Waals surface area contributed by atoms with Crippen molar-refractivity contribution < 1.29 is 4.79 Å². The smallest absolute Gasteiger partial charge is 0.220 e. The number of fused-ring (bicyclic) bond motifs is 1. The van der Waals surface area contributed by atoms with Gasteiger partial charge >= 0.3 is 0 Å². The molecule has 0 saturated heterocycles. The van der Waals surface area contributed by atoms with E-state index in [0.29, 0.717) is 13.0 Å². The number of rotatable bonds is 4. The zero-order chi connectivity index (χ0) is 13.8. The zero-order valence-electron chi connectivity index (χ0n) is 11.2. The number of hydrogen-bond acceptors (Lipinski definition) is 2. The van der Waals surface area contributed by atoms with Crippen LogP contribution in [0.5, 0.6) is 0 Å². The molecule has 1 amide bonds. The highest BCUT2D eigenvalue weighted by atomic mass is 16.1. The number of imidazole rings is 1. The van der Waals surface area contributed by atoms with Crippen molar-refractivity contribution in [3.8, 4) is 12.3 Å². The molecule has 0 aliphatic heterocycles. The average Bonchev–Trinajstić information content (AvgIpc) is 2.78. The molecule has 0 fully saturated rings. The van der Waals surface area contributed by atoms with Gasteiger partial charge in [0.2, 0.25) is 5.91 Å². The van der Waals surface area contributed by atoms with Crippen LogP contribution in [-0.4, -0.2) is 15.5 Å². The standard InChI is InChI=1S/C15H17N3O/c1-4-10-18-13-9-7-6-8-12(13)17-15(18)11(3)16-14(19)5-2/h1,6-9,11H,5,10H2,2-3H3,(H,16,19). The van der Waals surface area contributed by atoms with E-state index >= 15 is 0 Å². The lowest BCUT2D eigenvalue weighted by Gasteiger charge is -2.14. The summed E-state index contributed by atoms with van der Waals surface area (Å²) in [6.45, 7) is 4.19. The molecule has 0 spiro atoms. The summed E-state index contributed by atoms with van der Waals surface area (Å²) >= 11 is 0. The third kappa shape index (κ3) is 2.60. The van der Waals surface area contributed by atoms with Gasteiger partial charge < -0.3 is 9.88 Å². The van der Waals surface area contributed by atoms with Gasteiger partial charge in [-0.25, -0.2) is 4.98 Å². The SMILES string of the molecule is C#CCn1c(C(C)NC(=O)CC)nc2ccccc21. The number of carbonyl (C=O) groups is 1. The van der Waals surface area contributed by atoms with Crippen LogP contribution in [0.3, 0.4) is 0 Å². The molecule has 1 atom stereocenters. The van der Waals surface area contributed by atoms with Crippen molar-refractivity contribution in [3.63, 3.8) is 0 Å². The third-order valence-electron chi connectivity index (χ3n) is 3.02. The summed E-state index contributed by atoms with van der Waals surface area (Å²) in [4.78, 5) is 16.1. The summed E-state index contributed by atoms with van der Waals surface area (Å²) in [5.74, 6) is 3.43. The molecule has 1 aromatic carbocycles. The van der Waals surface area contributed by atoms with E-state index in [9.17, 15) is 4.79 Å². The Morgan fingerprint density at radius 2 is 2.26 bits per heavy atom. The molecule has 0 aliphatic carbocycles.